The Morgan fingerprint density at radius 3 is 1.98 bits per heavy atom. The van der Waals surface area contributed by atoms with Gasteiger partial charge >= 0.3 is 17.1 Å². The maximum Gasteiger partial charge on any atom is 2.00 e. The van der Waals surface area contributed by atoms with E-state index < -0.39 is 8.30 Å². The van der Waals surface area contributed by atoms with E-state index in [2.05, 4.69) is 99.4 Å². The van der Waals surface area contributed by atoms with Crippen molar-refractivity contribution >= 4 is 35.7 Å². The van der Waals surface area contributed by atoms with Crippen molar-refractivity contribution in [2.45, 2.75) is 33.7 Å². The molecule has 1 N–H and O–H groups in total. The van der Waals surface area contributed by atoms with E-state index in [0.717, 1.165) is 69.9 Å². The molecule has 1 heterocycles. The molecule has 0 spiro atoms. The van der Waals surface area contributed by atoms with Gasteiger partial charge in [-0.1, -0.05) is 88.4 Å². The monoisotopic (exact) mass is 684 g/mol. The first kappa shape index (κ1) is 35.7. The van der Waals surface area contributed by atoms with Gasteiger partial charge in [-0.15, -0.1) is 0 Å². The molecule has 4 aromatic rings. The summed E-state index contributed by atoms with van der Waals surface area (Å²) in [6.07, 6.45) is 16.5. The number of phenols is 1. The molecule has 240 valence electrons. The predicted molar refractivity (Wildman–Crippen MR) is 192 cm³/mol. The van der Waals surface area contributed by atoms with Crippen molar-refractivity contribution in [2.75, 3.05) is 19.7 Å². The Hall–Kier alpha value is -2.62. The molecule has 2 saturated carbocycles. The summed E-state index contributed by atoms with van der Waals surface area (Å²) >= 11 is 0. The van der Waals surface area contributed by atoms with Gasteiger partial charge in [0.2, 0.25) is 0 Å². The van der Waals surface area contributed by atoms with Crippen molar-refractivity contribution < 1.29 is 31.4 Å². The first-order valence-electron chi connectivity index (χ1n) is 16.1. The Kier molecular flexibility index (Phi) is 12.6. The Morgan fingerprint density at radius 2 is 1.38 bits per heavy atom. The Morgan fingerprint density at radius 1 is 0.809 bits per heavy atom. The normalized spacial score (nSPS) is 19.0. The van der Waals surface area contributed by atoms with Crippen molar-refractivity contribution in [3.63, 3.8) is 0 Å². The number of phenolic OH excluding ortho intramolecular Hbond substituents is 1. The van der Waals surface area contributed by atoms with Gasteiger partial charge in [0.1, 0.15) is 18.1 Å². The van der Waals surface area contributed by atoms with Gasteiger partial charge in [-0.05, 0) is 91.0 Å². The number of aliphatic imine (C=N–C) groups is 1. The van der Waals surface area contributed by atoms with Gasteiger partial charge < -0.3 is 14.4 Å². The van der Waals surface area contributed by atoms with E-state index in [-0.39, 0.29) is 22.8 Å². The minimum absolute atomic E-state index is 0. The first-order chi connectivity index (χ1) is 22.5. The van der Waals surface area contributed by atoms with E-state index >= 15 is 0 Å². The maximum atomic E-state index is 11.1. The standard InChI is InChI=1S/C29H27NO2P.C11H14NO.Fe/c1-3-30(4-2)33(23-13-7-8-14-23)32-27-20-18-22-12-6-10-16-25(22)29(27)28-24-15-9-5-11-21(24)17-19-26(28)31;1-8(2)10-7-13-11(12-10)9-5-3-4-6-9;/h5-20,31H,3-4H2,1-2H3;3-6,8,10H,7H2,1-2H3;/q;;+2/t33-;10-;/m01./s1. The van der Waals surface area contributed by atoms with Gasteiger partial charge in [-0.3, -0.25) is 4.67 Å². The molecule has 0 saturated heterocycles. The van der Waals surface area contributed by atoms with Crippen LogP contribution in [-0.2, 0) is 21.8 Å². The third kappa shape index (κ3) is 8.00. The van der Waals surface area contributed by atoms with Gasteiger partial charge in [0.05, 0.1) is 17.6 Å². The van der Waals surface area contributed by atoms with E-state index in [1.54, 1.807) is 6.07 Å². The quantitative estimate of drug-likeness (QED) is 0.141. The minimum atomic E-state index is -1.02. The predicted octanol–water partition coefficient (Wildman–Crippen LogP) is 9.60. The summed E-state index contributed by atoms with van der Waals surface area (Å²) in [4.78, 5) is 4.52. The van der Waals surface area contributed by atoms with Crippen molar-refractivity contribution in [3.05, 3.63) is 136 Å². The van der Waals surface area contributed by atoms with Gasteiger partial charge in [-0.2, -0.15) is 0 Å². The van der Waals surface area contributed by atoms with E-state index in [0.29, 0.717) is 12.0 Å². The van der Waals surface area contributed by atoms with Crippen LogP contribution in [0.1, 0.15) is 27.7 Å². The molecular weight excluding hydrogens is 643 g/mol. The van der Waals surface area contributed by atoms with Crippen LogP contribution in [0.5, 0.6) is 11.5 Å². The molecule has 0 bridgehead atoms. The topological polar surface area (TPSA) is 54.3 Å². The van der Waals surface area contributed by atoms with E-state index in [9.17, 15) is 5.11 Å². The average Bonchev–Trinajstić information content (AvgIpc) is 3.89. The number of ether oxygens (including phenoxy) is 1. The number of hydrogen-bond acceptors (Lipinski definition) is 5. The van der Waals surface area contributed by atoms with Gasteiger partial charge in [0.15, 0.2) is 14.2 Å². The largest absolute Gasteiger partial charge is 2.00 e. The molecule has 0 amide bonds. The molecule has 2 aliphatic carbocycles. The van der Waals surface area contributed by atoms with Crippen LogP contribution >= 0.6 is 8.30 Å². The maximum absolute atomic E-state index is 11.1. The second kappa shape index (κ2) is 16.7. The van der Waals surface area contributed by atoms with Gasteiger partial charge in [0, 0.05) is 24.2 Å². The van der Waals surface area contributed by atoms with Crippen molar-refractivity contribution in [3.8, 4) is 22.6 Å². The summed E-state index contributed by atoms with van der Waals surface area (Å²) in [6.45, 7) is 11.2. The average molecular weight is 685 g/mol. The number of rotatable bonds is 9. The van der Waals surface area contributed by atoms with Crippen molar-refractivity contribution in [2.24, 2.45) is 10.9 Å². The molecule has 1 aliphatic heterocycles. The molecule has 5 nitrogen and oxygen atoms in total. The third-order valence-corrected chi connectivity index (χ3v) is 10.6. The molecular formula is C40H41FeN2O3P+2. The van der Waals surface area contributed by atoms with Crippen LogP contribution in [0.15, 0.2) is 77.8 Å². The Bertz CT molecular complexity index is 1640. The summed E-state index contributed by atoms with van der Waals surface area (Å²) in [7, 11) is -1.02. The van der Waals surface area contributed by atoms with Crippen LogP contribution in [-0.4, -0.2) is 41.4 Å². The van der Waals surface area contributed by atoms with Crippen LogP contribution in [0.2, 0.25) is 0 Å². The van der Waals surface area contributed by atoms with E-state index in [4.69, 9.17) is 9.26 Å². The van der Waals surface area contributed by atoms with Crippen LogP contribution in [0.3, 0.4) is 0 Å². The molecule has 4 aromatic carbocycles. The molecule has 7 heteroatoms. The molecule has 0 unspecified atom stereocenters. The Labute approximate surface area is 293 Å². The fourth-order valence-electron chi connectivity index (χ4n) is 5.85. The zero-order valence-corrected chi connectivity index (χ0v) is 29.3. The molecule has 7 rings (SSSR count). The number of hydrogen-bond donors (Lipinski definition) is 1. The van der Waals surface area contributed by atoms with Crippen LogP contribution < -0.4 is 4.52 Å². The third-order valence-electron chi connectivity index (χ3n) is 8.44. The second-order valence-electron chi connectivity index (χ2n) is 11.7. The van der Waals surface area contributed by atoms with Crippen molar-refractivity contribution in [1.82, 2.24) is 4.67 Å². The molecule has 0 aromatic heterocycles. The first-order valence-corrected chi connectivity index (χ1v) is 17.3. The zero-order chi connectivity index (χ0) is 32.0. The summed E-state index contributed by atoms with van der Waals surface area (Å²) in [5, 5.41) is 15.4. The van der Waals surface area contributed by atoms with Crippen LogP contribution in [0.4, 0.5) is 0 Å². The fourth-order valence-corrected chi connectivity index (χ4v) is 7.68. The molecule has 2 fully saturated rings. The molecule has 2 atom stereocenters. The van der Waals surface area contributed by atoms with Crippen LogP contribution in [0.25, 0.3) is 32.7 Å². The van der Waals surface area contributed by atoms with E-state index in [1.165, 1.54) is 5.66 Å². The minimum Gasteiger partial charge on any atom is -0.507 e. The molecule has 10 radical (unpaired) electrons. The fraction of sp³-hybridized carbons (Fsp3) is 0.225. The molecule has 3 aliphatic rings. The number of nitrogens with zero attached hydrogens (tertiary/aromatic N) is 2. The van der Waals surface area contributed by atoms with Crippen LogP contribution in [0, 0.1) is 68.9 Å². The van der Waals surface area contributed by atoms with E-state index in [1.807, 2.05) is 56.0 Å². The number of benzene rings is 4. The summed E-state index contributed by atoms with van der Waals surface area (Å²) in [5.41, 5.74) is 2.94. The zero-order valence-electron chi connectivity index (χ0n) is 27.3. The second-order valence-corrected chi connectivity index (χ2v) is 13.5. The van der Waals surface area contributed by atoms with Gasteiger partial charge in [0.25, 0.3) is 0 Å². The van der Waals surface area contributed by atoms with Crippen molar-refractivity contribution in [1.29, 1.82) is 0 Å². The SMILES string of the molecule is CC(C)[C@H]1COC([C]2[CH][CH][CH][CH]2)=N1.CCN(CC)[P@@](Oc1ccc2ccccc2c1-c1c(O)ccc2ccccc12)[C]1[CH][CH][CH][CH]1.[Fe+2]. The van der Waals surface area contributed by atoms with Gasteiger partial charge in [-0.25, -0.2) is 4.99 Å². The summed E-state index contributed by atoms with van der Waals surface area (Å²) in [6, 6.07) is 24.8. The Balaban J connectivity index is 0.000000260. The smallest absolute Gasteiger partial charge is 0.507 e. The number of aromatic hydroxyl groups is 1. The number of fused-ring (bicyclic) bond motifs is 2. The summed E-state index contributed by atoms with van der Waals surface area (Å²) in [5.74, 6) is 3.52. The molecule has 47 heavy (non-hydrogen) atoms. The summed E-state index contributed by atoms with van der Waals surface area (Å²) < 4.78 is 14.8.